The number of methoxy groups -OCH3 is 1. The monoisotopic (exact) mass is 398 g/mol. The molecule has 2 heterocycles. The maximum atomic E-state index is 13.0. The van der Waals surface area contributed by atoms with Crippen LogP contribution < -0.4 is 10.1 Å². The van der Waals surface area contributed by atoms with Gasteiger partial charge in [0.05, 0.1) is 23.9 Å². The number of aromatic nitrogens is 1. The molecule has 0 radical (unpaired) electrons. The lowest BCUT2D eigenvalue weighted by atomic mass is 10.1. The van der Waals surface area contributed by atoms with Gasteiger partial charge in [-0.2, -0.15) is 0 Å². The Hall–Kier alpha value is -3.16. The van der Waals surface area contributed by atoms with E-state index >= 15 is 0 Å². The van der Waals surface area contributed by atoms with Gasteiger partial charge in [-0.15, -0.1) is 0 Å². The summed E-state index contributed by atoms with van der Waals surface area (Å²) in [5, 5.41) is 3.46. The molecule has 1 aliphatic heterocycles. The highest BCUT2D eigenvalue weighted by atomic mass is 16.5. The van der Waals surface area contributed by atoms with Gasteiger partial charge >= 0.3 is 11.8 Å². The molecule has 1 N–H and O–H groups in total. The fourth-order valence-corrected chi connectivity index (χ4v) is 3.34. The summed E-state index contributed by atoms with van der Waals surface area (Å²) in [6, 6.07) is 7.29. The SMILES string of the molecule is COc1ccc2cc(C(=O)N3CCN(C(=O)C(=O)NC(C)C)CC3)c(C)nc2c1. The zero-order valence-corrected chi connectivity index (χ0v) is 17.2. The van der Waals surface area contributed by atoms with Crippen LogP contribution in [0.3, 0.4) is 0 Å². The van der Waals surface area contributed by atoms with E-state index in [1.807, 2.05) is 31.2 Å². The van der Waals surface area contributed by atoms with E-state index in [0.29, 0.717) is 43.2 Å². The van der Waals surface area contributed by atoms with Crippen molar-refractivity contribution in [1.82, 2.24) is 20.1 Å². The molecular weight excluding hydrogens is 372 g/mol. The van der Waals surface area contributed by atoms with Crippen LogP contribution in [0.2, 0.25) is 0 Å². The Morgan fingerprint density at radius 2 is 1.72 bits per heavy atom. The molecule has 1 saturated heterocycles. The van der Waals surface area contributed by atoms with Gasteiger partial charge in [0.25, 0.3) is 5.91 Å². The van der Waals surface area contributed by atoms with E-state index in [4.69, 9.17) is 4.74 Å². The maximum Gasteiger partial charge on any atom is 0.312 e. The van der Waals surface area contributed by atoms with E-state index in [0.717, 1.165) is 10.9 Å². The van der Waals surface area contributed by atoms with Crippen molar-refractivity contribution in [2.75, 3.05) is 33.3 Å². The van der Waals surface area contributed by atoms with Crippen molar-refractivity contribution < 1.29 is 19.1 Å². The minimum absolute atomic E-state index is 0.0994. The number of pyridine rings is 1. The average Bonchev–Trinajstić information content (AvgIpc) is 2.71. The first-order chi connectivity index (χ1) is 13.8. The molecule has 8 nitrogen and oxygen atoms in total. The summed E-state index contributed by atoms with van der Waals surface area (Å²) in [6.07, 6.45) is 0. The number of benzene rings is 1. The number of nitrogens with one attached hydrogen (secondary N) is 1. The summed E-state index contributed by atoms with van der Waals surface area (Å²) in [6.45, 7) is 6.82. The van der Waals surface area contributed by atoms with Crippen molar-refractivity contribution in [3.63, 3.8) is 0 Å². The molecule has 0 aliphatic carbocycles. The Labute approximate surface area is 169 Å². The Morgan fingerprint density at radius 1 is 1.07 bits per heavy atom. The van der Waals surface area contributed by atoms with E-state index in [-0.39, 0.29) is 11.9 Å². The van der Waals surface area contributed by atoms with Crippen molar-refractivity contribution in [2.45, 2.75) is 26.8 Å². The lowest BCUT2D eigenvalue weighted by Gasteiger charge is -2.34. The van der Waals surface area contributed by atoms with Crippen molar-refractivity contribution in [1.29, 1.82) is 0 Å². The lowest BCUT2D eigenvalue weighted by molar-refractivity contribution is -0.147. The Morgan fingerprint density at radius 3 is 2.34 bits per heavy atom. The lowest BCUT2D eigenvalue weighted by Crippen LogP contribution is -2.54. The fourth-order valence-electron chi connectivity index (χ4n) is 3.34. The highest BCUT2D eigenvalue weighted by Crippen LogP contribution is 2.23. The number of piperazine rings is 1. The van der Waals surface area contributed by atoms with Crippen LogP contribution in [0.4, 0.5) is 0 Å². The second-order valence-electron chi connectivity index (χ2n) is 7.39. The Balaban J connectivity index is 1.70. The van der Waals surface area contributed by atoms with Gasteiger partial charge in [0.2, 0.25) is 0 Å². The second-order valence-corrected chi connectivity index (χ2v) is 7.39. The number of nitrogens with zero attached hydrogens (tertiary/aromatic N) is 3. The summed E-state index contributed by atoms with van der Waals surface area (Å²) in [4.78, 5) is 44.9. The quantitative estimate of drug-likeness (QED) is 0.789. The number of ether oxygens (including phenoxy) is 1. The third-order valence-corrected chi connectivity index (χ3v) is 4.91. The van der Waals surface area contributed by atoms with Gasteiger partial charge in [0.1, 0.15) is 5.75 Å². The molecule has 8 heteroatoms. The van der Waals surface area contributed by atoms with Gasteiger partial charge in [0.15, 0.2) is 0 Å². The van der Waals surface area contributed by atoms with Crippen LogP contribution in [-0.4, -0.2) is 71.8 Å². The summed E-state index contributed by atoms with van der Waals surface area (Å²) < 4.78 is 5.23. The van der Waals surface area contributed by atoms with Crippen LogP contribution in [0.15, 0.2) is 24.3 Å². The fraction of sp³-hybridized carbons (Fsp3) is 0.429. The largest absolute Gasteiger partial charge is 0.497 e. The number of carbonyl (C=O) groups is 3. The summed E-state index contributed by atoms with van der Waals surface area (Å²) in [5.41, 5.74) is 1.95. The zero-order valence-electron chi connectivity index (χ0n) is 17.2. The van der Waals surface area contributed by atoms with Gasteiger partial charge in [-0.1, -0.05) is 0 Å². The van der Waals surface area contributed by atoms with E-state index in [2.05, 4.69) is 10.3 Å². The smallest absolute Gasteiger partial charge is 0.312 e. The van der Waals surface area contributed by atoms with Crippen LogP contribution in [0.5, 0.6) is 5.75 Å². The number of carbonyl (C=O) groups excluding carboxylic acids is 3. The molecule has 1 fully saturated rings. The molecular formula is C21H26N4O4. The number of hydrogen-bond donors (Lipinski definition) is 1. The molecule has 29 heavy (non-hydrogen) atoms. The van der Waals surface area contributed by atoms with Gasteiger partial charge in [0, 0.05) is 43.7 Å². The first kappa shape index (κ1) is 20.6. The topological polar surface area (TPSA) is 91.8 Å². The van der Waals surface area contributed by atoms with E-state index in [1.54, 1.807) is 25.9 Å². The Kier molecular flexibility index (Phi) is 6.00. The minimum atomic E-state index is -0.607. The first-order valence-corrected chi connectivity index (χ1v) is 9.64. The molecule has 0 spiro atoms. The predicted octanol–water partition coefficient (Wildman–Crippen LogP) is 1.36. The third kappa shape index (κ3) is 4.47. The van der Waals surface area contributed by atoms with Gasteiger partial charge in [-0.05, 0) is 39.0 Å². The number of amides is 3. The molecule has 1 aliphatic rings. The van der Waals surface area contributed by atoms with Crippen molar-refractivity contribution in [2.24, 2.45) is 0 Å². The van der Waals surface area contributed by atoms with Crippen molar-refractivity contribution in [3.8, 4) is 5.75 Å². The number of rotatable bonds is 3. The standard InChI is InChI=1S/C21H26N4O4/c1-13(2)22-19(26)21(28)25-9-7-24(8-10-25)20(27)17-11-15-5-6-16(29-4)12-18(15)23-14(17)3/h5-6,11-13H,7-10H2,1-4H3,(H,22,26). The molecule has 1 aromatic carbocycles. The molecule has 0 saturated carbocycles. The van der Waals surface area contributed by atoms with Crippen molar-refractivity contribution >= 4 is 28.6 Å². The molecule has 0 unspecified atom stereocenters. The molecule has 154 valence electrons. The number of fused-ring (bicyclic) bond motifs is 1. The van der Waals surface area contributed by atoms with Gasteiger partial charge in [-0.3, -0.25) is 19.4 Å². The highest BCUT2D eigenvalue weighted by Gasteiger charge is 2.29. The highest BCUT2D eigenvalue weighted by molar-refractivity contribution is 6.35. The molecule has 1 aromatic heterocycles. The zero-order chi connectivity index (χ0) is 21.1. The second kappa shape index (κ2) is 8.46. The average molecular weight is 398 g/mol. The summed E-state index contributed by atoms with van der Waals surface area (Å²) in [7, 11) is 1.60. The molecule has 2 aromatic rings. The molecule has 0 atom stereocenters. The normalized spacial score (nSPS) is 14.2. The predicted molar refractivity (Wildman–Crippen MR) is 109 cm³/mol. The summed E-state index contributed by atoms with van der Waals surface area (Å²) >= 11 is 0. The molecule has 3 amide bonds. The van der Waals surface area contributed by atoms with Crippen LogP contribution in [0.25, 0.3) is 10.9 Å². The number of aryl methyl sites for hydroxylation is 1. The van der Waals surface area contributed by atoms with Crippen molar-refractivity contribution in [3.05, 3.63) is 35.5 Å². The van der Waals surface area contributed by atoms with Crippen LogP contribution in [0.1, 0.15) is 29.9 Å². The summed E-state index contributed by atoms with van der Waals surface area (Å²) in [5.74, 6) is -0.565. The van der Waals surface area contributed by atoms with Crippen LogP contribution in [-0.2, 0) is 9.59 Å². The van der Waals surface area contributed by atoms with E-state index < -0.39 is 11.8 Å². The number of hydrogen-bond acceptors (Lipinski definition) is 5. The maximum absolute atomic E-state index is 13.0. The Bertz CT molecular complexity index is 949. The third-order valence-electron chi connectivity index (χ3n) is 4.91. The van der Waals surface area contributed by atoms with Gasteiger partial charge in [-0.25, -0.2) is 0 Å². The van der Waals surface area contributed by atoms with E-state index in [1.165, 1.54) is 4.90 Å². The van der Waals surface area contributed by atoms with Crippen LogP contribution >= 0.6 is 0 Å². The molecule has 3 rings (SSSR count). The first-order valence-electron chi connectivity index (χ1n) is 9.64. The minimum Gasteiger partial charge on any atom is -0.497 e. The van der Waals surface area contributed by atoms with E-state index in [9.17, 15) is 14.4 Å². The van der Waals surface area contributed by atoms with Gasteiger partial charge < -0.3 is 19.9 Å². The van der Waals surface area contributed by atoms with Crippen LogP contribution in [0, 0.1) is 6.92 Å². The molecule has 0 bridgehead atoms.